The lowest BCUT2D eigenvalue weighted by atomic mass is 10.2. The maximum Gasteiger partial charge on any atom is 0.317 e. The molecule has 0 saturated carbocycles. The number of esters is 1. The summed E-state index contributed by atoms with van der Waals surface area (Å²) in [7, 11) is 1.38. The van der Waals surface area contributed by atoms with Crippen molar-refractivity contribution in [3.63, 3.8) is 0 Å². The van der Waals surface area contributed by atoms with Gasteiger partial charge >= 0.3 is 5.97 Å². The van der Waals surface area contributed by atoms with Crippen molar-refractivity contribution in [2.75, 3.05) is 18.2 Å². The minimum Gasteiger partial charge on any atom is -0.495 e. The predicted octanol–water partition coefficient (Wildman–Crippen LogP) is 3.27. The number of carbonyl (C=O) groups excluding carboxylic acids is 2. The van der Waals surface area contributed by atoms with Crippen molar-refractivity contribution in [2.24, 2.45) is 0 Å². The zero-order valence-electron chi connectivity index (χ0n) is 14.7. The van der Waals surface area contributed by atoms with E-state index in [1.165, 1.54) is 44.0 Å². The molecule has 2 rings (SSSR count). The van der Waals surface area contributed by atoms with Crippen molar-refractivity contribution in [2.45, 2.75) is 17.9 Å². The smallest absolute Gasteiger partial charge is 0.317 e. The Balaban J connectivity index is 1.94. The Kier molecular flexibility index (Phi) is 7.18. The number of nitrogens with zero attached hydrogens (tertiary/aromatic N) is 1. The molecule has 8 nitrogen and oxygen atoms in total. The zero-order chi connectivity index (χ0) is 19.8. The molecule has 2 aromatic rings. The molecule has 1 N–H and O–H groups in total. The number of benzene rings is 2. The third-order valence-electron chi connectivity index (χ3n) is 3.43. The first-order valence-electron chi connectivity index (χ1n) is 7.91. The van der Waals surface area contributed by atoms with Gasteiger partial charge in [-0.25, -0.2) is 0 Å². The van der Waals surface area contributed by atoms with Gasteiger partial charge in [0, 0.05) is 17.0 Å². The molecule has 0 radical (unpaired) electrons. The SMILES string of the molecule is COc1ccc([N+](=O)[O-])cc1NC(=O)[C@H](C)OC(=O)CSc1ccccc1. The molecule has 0 spiro atoms. The summed E-state index contributed by atoms with van der Waals surface area (Å²) in [4.78, 5) is 35.4. The number of nitro benzene ring substituents is 1. The molecule has 1 amide bonds. The predicted molar refractivity (Wildman–Crippen MR) is 101 cm³/mol. The van der Waals surface area contributed by atoms with Crippen LogP contribution in [0.25, 0.3) is 0 Å². The van der Waals surface area contributed by atoms with E-state index in [1.54, 1.807) is 0 Å². The van der Waals surface area contributed by atoms with E-state index >= 15 is 0 Å². The number of carbonyl (C=O) groups is 2. The third kappa shape index (κ3) is 6.00. The molecule has 0 fully saturated rings. The first-order chi connectivity index (χ1) is 12.9. The lowest BCUT2D eigenvalue weighted by Gasteiger charge is -2.15. The van der Waals surface area contributed by atoms with E-state index in [9.17, 15) is 19.7 Å². The van der Waals surface area contributed by atoms with E-state index in [4.69, 9.17) is 9.47 Å². The molecule has 1 atom stereocenters. The minimum atomic E-state index is -1.07. The molecule has 0 heterocycles. The summed E-state index contributed by atoms with van der Waals surface area (Å²) < 4.78 is 10.2. The van der Waals surface area contributed by atoms with Gasteiger partial charge in [0.1, 0.15) is 5.75 Å². The molecule has 0 aliphatic carbocycles. The average molecular weight is 390 g/mol. The maximum atomic E-state index is 12.3. The highest BCUT2D eigenvalue weighted by molar-refractivity contribution is 8.00. The van der Waals surface area contributed by atoms with Gasteiger partial charge in [0.15, 0.2) is 6.10 Å². The van der Waals surface area contributed by atoms with E-state index in [2.05, 4.69) is 5.32 Å². The van der Waals surface area contributed by atoms with Gasteiger partial charge in [0.2, 0.25) is 0 Å². The summed E-state index contributed by atoms with van der Waals surface area (Å²) >= 11 is 1.30. The van der Waals surface area contributed by atoms with Gasteiger partial charge < -0.3 is 14.8 Å². The van der Waals surface area contributed by atoms with Gasteiger partial charge in [-0.3, -0.25) is 19.7 Å². The van der Waals surface area contributed by atoms with Crippen LogP contribution in [0.3, 0.4) is 0 Å². The minimum absolute atomic E-state index is 0.0573. The van der Waals surface area contributed by atoms with Crippen molar-refractivity contribution >= 4 is 35.0 Å². The fourth-order valence-corrected chi connectivity index (χ4v) is 2.79. The van der Waals surface area contributed by atoms with Gasteiger partial charge in [0.25, 0.3) is 11.6 Å². The van der Waals surface area contributed by atoms with Crippen LogP contribution in [0.15, 0.2) is 53.4 Å². The number of nitrogens with one attached hydrogen (secondary N) is 1. The maximum absolute atomic E-state index is 12.3. The molecule has 27 heavy (non-hydrogen) atoms. The van der Waals surface area contributed by atoms with E-state index in [-0.39, 0.29) is 22.9 Å². The second-order valence-electron chi connectivity index (χ2n) is 5.36. The highest BCUT2D eigenvalue weighted by Gasteiger charge is 2.20. The zero-order valence-corrected chi connectivity index (χ0v) is 15.5. The summed E-state index contributed by atoms with van der Waals surface area (Å²) in [5.41, 5.74) is -0.0757. The Morgan fingerprint density at radius 2 is 1.93 bits per heavy atom. The molecule has 0 aliphatic heterocycles. The van der Waals surface area contributed by atoms with Gasteiger partial charge in [-0.2, -0.15) is 0 Å². The largest absolute Gasteiger partial charge is 0.495 e. The van der Waals surface area contributed by atoms with Crippen molar-refractivity contribution in [1.82, 2.24) is 0 Å². The van der Waals surface area contributed by atoms with Gasteiger partial charge in [-0.05, 0) is 25.1 Å². The van der Waals surface area contributed by atoms with Crippen LogP contribution in [0, 0.1) is 10.1 Å². The number of thioether (sulfide) groups is 1. The summed E-state index contributed by atoms with van der Waals surface area (Å²) in [6, 6.07) is 13.1. The quantitative estimate of drug-likeness (QED) is 0.319. The van der Waals surface area contributed by atoms with Crippen LogP contribution in [0.1, 0.15) is 6.92 Å². The molecule has 0 unspecified atom stereocenters. The van der Waals surface area contributed by atoms with E-state index < -0.39 is 22.9 Å². The van der Waals surface area contributed by atoms with E-state index in [0.29, 0.717) is 0 Å². The van der Waals surface area contributed by atoms with Gasteiger partial charge in [-0.15, -0.1) is 11.8 Å². The number of rotatable bonds is 8. The molecule has 2 aromatic carbocycles. The van der Waals surface area contributed by atoms with Crippen LogP contribution >= 0.6 is 11.8 Å². The number of ether oxygens (including phenoxy) is 2. The van der Waals surface area contributed by atoms with Crippen molar-refractivity contribution in [1.29, 1.82) is 0 Å². The Bertz CT molecular complexity index is 828. The summed E-state index contributed by atoms with van der Waals surface area (Å²) in [5, 5.41) is 13.4. The number of methoxy groups -OCH3 is 1. The molecule has 0 bridgehead atoms. The molecule has 142 valence electrons. The summed E-state index contributed by atoms with van der Waals surface area (Å²) in [6.07, 6.45) is -1.07. The molecule has 0 aliphatic rings. The van der Waals surface area contributed by atoms with E-state index in [0.717, 1.165) is 4.90 Å². The summed E-state index contributed by atoms with van der Waals surface area (Å²) in [5.74, 6) is -0.849. The Morgan fingerprint density at radius 1 is 1.22 bits per heavy atom. The highest BCUT2D eigenvalue weighted by Crippen LogP contribution is 2.29. The third-order valence-corrected chi connectivity index (χ3v) is 4.41. The first kappa shape index (κ1) is 20.2. The number of non-ortho nitro benzene ring substituents is 1. The van der Waals surface area contributed by atoms with Crippen molar-refractivity contribution < 1.29 is 24.0 Å². The van der Waals surface area contributed by atoms with Crippen LogP contribution in [0.2, 0.25) is 0 Å². The average Bonchev–Trinajstić information content (AvgIpc) is 2.67. The molecule has 0 saturated heterocycles. The molecule has 0 aromatic heterocycles. The van der Waals surface area contributed by atoms with Gasteiger partial charge in [-0.1, -0.05) is 18.2 Å². The Labute approximate surface area is 160 Å². The molecular weight excluding hydrogens is 372 g/mol. The van der Waals surface area contributed by atoms with Crippen LogP contribution < -0.4 is 10.1 Å². The van der Waals surface area contributed by atoms with Crippen LogP contribution in [-0.4, -0.2) is 35.8 Å². The molecule has 9 heteroatoms. The number of hydrogen-bond acceptors (Lipinski definition) is 7. The summed E-state index contributed by atoms with van der Waals surface area (Å²) in [6.45, 7) is 1.42. The van der Waals surface area contributed by atoms with Crippen LogP contribution in [0.5, 0.6) is 5.75 Å². The monoisotopic (exact) mass is 390 g/mol. The first-order valence-corrected chi connectivity index (χ1v) is 8.90. The van der Waals surface area contributed by atoms with Gasteiger partial charge in [0.05, 0.1) is 23.5 Å². The molecular formula is C18H18N2O6S. The number of hydrogen-bond donors (Lipinski definition) is 1. The van der Waals surface area contributed by atoms with Crippen molar-refractivity contribution in [3.8, 4) is 5.75 Å². The topological polar surface area (TPSA) is 108 Å². The Morgan fingerprint density at radius 3 is 2.56 bits per heavy atom. The standard InChI is InChI=1S/C18H18N2O6S/c1-12(26-17(21)11-27-14-6-4-3-5-7-14)18(22)19-15-10-13(20(23)24)8-9-16(15)25-2/h3-10,12H,11H2,1-2H3,(H,19,22)/t12-/m0/s1. The number of nitro groups is 1. The Hall–Kier alpha value is -3.07. The van der Waals surface area contributed by atoms with Crippen LogP contribution in [0.4, 0.5) is 11.4 Å². The van der Waals surface area contributed by atoms with Crippen molar-refractivity contribution in [3.05, 3.63) is 58.6 Å². The van der Waals surface area contributed by atoms with Crippen LogP contribution in [-0.2, 0) is 14.3 Å². The lowest BCUT2D eigenvalue weighted by Crippen LogP contribution is -2.30. The normalized spacial score (nSPS) is 11.3. The number of amides is 1. The number of anilines is 1. The fraction of sp³-hybridized carbons (Fsp3) is 0.222. The fourth-order valence-electron chi connectivity index (χ4n) is 2.09. The second kappa shape index (κ2) is 9.58. The van der Waals surface area contributed by atoms with E-state index in [1.807, 2.05) is 30.3 Å². The highest BCUT2D eigenvalue weighted by atomic mass is 32.2. The lowest BCUT2D eigenvalue weighted by molar-refractivity contribution is -0.384. The second-order valence-corrected chi connectivity index (χ2v) is 6.41.